The van der Waals surface area contributed by atoms with E-state index >= 15 is 0 Å². The quantitative estimate of drug-likeness (QED) is 0.435. The molecule has 212 valence electrons. The molecule has 0 saturated carbocycles. The van der Waals surface area contributed by atoms with E-state index in [-0.39, 0.29) is 42.2 Å². The Morgan fingerprint density at radius 1 is 1.15 bits per heavy atom. The maximum atomic E-state index is 14.7. The Balaban J connectivity index is 1.44. The first kappa shape index (κ1) is 28.5. The van der Waals surface area contributed by atoms with Crippen LogP contribution in [-0.2, 0) is 4.79 Å². The second-order valence-corrected chi connectivity index (χ2v) is 10.7. The third-order valence-corrected chi connectivity index (χ3v) is 8.25. The molecular formula is C30H30ClFN6O3. The summed E-state index contributed by atoms with van der Waals surface area (Å²) in [6.07, 6.45) is 3.49. The highest BCUT2D eigenvalue weighted by atomic mass is 35.5. The molecule has 1 amide bonds. The number of hydrogen-bond acceptors (Lipinski definition) is 8. The summed E-state index contributed by atoms with van der Waals surface area (Å²) in [4.78, 5) is 40.4. The number of nitriles is 1. The van der Waals surface area contributed by atoms with Gasteiger partial charge in [-0.2, -0.15) is 5.26 Å². The van der Waals surface area contributed by atoms with E-state index in [2.05, 4.69) is 20.2 Å². The number of rotatable bonds is 7. The van der Waals surface area contributed by atoms with Crippen molar-refractivity contribution < 1.29 is 18.7 Å². The Labute approximate surface area is 242 Å². The molecule has 3 aromatic rings. The summed E-state index contributed by atoms with van der Waals surface area (Å²) in [6.45, 7) is 3.98. The molecule has 3 heterocycles. The number of likely N-dealkylation sites (N-methyl/N-ethyl adjacent to an activating group) is 1. The molecule has 5 rings (SSSR count). The third-order valence-electron chi connectivity index (χ3n) is 8.00. The number of halogens is 2. The molecular weight excluding hydrogens is 547 g/mol. The van der Waals surface area contributed by atoms with Gasteiger partial charge >= 0.3 is 6.09 Å². The zero-order chi connectivity index (χ0) is 29.0. The van der Waals surface area contributed by atoms with Crippen molar-refractivity contribution in [2.75, 3.05) is 37.6 Å². The van der Waals surface area contributed by atoms with Crippen LogP contribution in [0.2, 0.25) is 5.02 Å². The van der Waals surface area contributed by atoms with E-state index in [1.54, 1.807) is 18.3 Å². The Kier molecular flexibility index (Phi) is 8.47. The first-order chi connectivity index (χ1) is 19.8. The lowest BCUT2D eigenvalue weighted by molar-refractivity contribution is -0.134. The van der Waals surface area contributed by atoms with Crippen molar-refractivity contribution in [1.82, 2.24) is 20.2 Å². The summed E-state index contributed by atoms with van der Waals surface area (Å²) in [5, 5.41) is 13.0. The van der Waals surface area contributed by atoms with E-state index in [4.69, 9.17) is 21.6 Å². The van der Waals surface area contributed by atoms with Gasteiger partial charge in [-0.05, 0) is 61.7 Å². The molecule has 11 heteroatoms. The smallest absolute Gasteiger partial charge is 0.410 e. The molecule has 1 aromatic heterocycles. The van der Waals surface area contributed by atoms with Gasteiger partial charge in [-0.15, -0.1) is 0 Å². The molecule has 2 fully saturated rings. The van der Waals surface area contributed by atoms with E-state index in [1.807, 2.05) is 25.1 Å². The predicted octanol–water partition coefficient (Wildman–Crippen LogP) is 4.57. The monoisotopic (exact) mass is 576 g/mol. The molecule has 0 spiro atoms. The van der Waals surface area contributed by atoms with Crippen molar-refractivity contribution in [3.63, 3.8) is 0 Å². The van der Waals surface area contributed by atoms with Gasteiger partial charge in [0.25, 0.3) is 0 Å². The molecule has 2 aliphatic heterocycles. The Hall–Kier alpha value is -4.07. The first-order valence-electron chi connectivity index (χ1n) is 13.6. The molecule has 0 aliphatic carbocycles. The zero-order valence-corrected chi connectivity index (χ0v) is 23.4. The van der Waals surface area contributed by atoms with Crippen LogP contribution in [0.15, 0.2) is 60.9 Å². The van der Waals surface area contributed by atoms with Crippen LogP contribution in [0.3, 0.4) is 0 Å². The number of Topliss-reactive ketones (excluding diaryl/α,β-unsaturated/α-hetero) is 1. The largest absolute Gasteiger partial charge is 0.416 e. The van der Waals surface area contributed by atoms with Crippen LogP contribution in [0, 0.1) is 23.1 Å². The number of carbonyl (C=O) groups excluding carboxylic acids is 2. The average molecular weight is 577 g/mol. The highest BCUT2D eigenvalue weighted by Crippen LogP contribution is 2.42. The number of nitrogens with one attached hydrogen (secondary N) is 1. The Morgan fingerprint density at radius 3 is 2.46 bits per heavy atom. The fraction of sp³-hybridized carbons (Fsp3) is 0.367. The number of ketones is 1. The maximum Gasteiger partial charge on any atom is 0.416 e. The van der Waals surface area contributed by atoms with Gasteiger partial charge in [-0.3, -0.25) is 9.69 Å². The second-order valence-electron chi connectivity index (χ2n) is 10.2. The van der Waals surface area contributed by atoms with E-state index in [0.717, 1.165) is 5.56 Å². The van der Waals surface area contributed by atoms with E-state index in [9.17, 15) is 14.0 Å². The number of amides is 1. The van der Waals surface area contributed by atoms with Crippen molar-refractivity contribution in [2.24, 2.45) is 5.92 Å². The number of hydrogen-bond donors (Lipinski definition) is 1. The fourth-order valence-electron chi connectivity index (χ4n) is 5.96. The van der Waals surface area contributed by atoms with Crippen LogP contribution in [0.4, 0.5) is 15.0 Å². The maximum absolute atomic E-state index is 14.7. The van der Waals surface area contributed by atoms with Gasteiger partial charge in [-0.1, -0.05) is 23.7 Å². The number of nitrogens with zero attached hydrogens (tertiary/aromatic N) is 5. The Morgan fingerprint density at radius 2 is 1.85 bits per heavy atom. The molecule has 0 bridgehead atoms. The lowest BCUT2D eigenvalue weighted by Crippen LogP contribution is -2.64. The van der Waals surface area contributed by atoms with Crippen LogP contribution in [0.1, 0.15) is 36.9 Å². The first-order valence-corrected chi connectivity index (χ1v) is 14.0. The minimum atomic E-state index is -1.21. The highest BCUT2D eigenvalue weighted by Gasteiger charge is 2.57. The summed E-state index contributed by atoms with van der Waals surface area (Å²) in [7, 11) is 0. The third kappa shape index (κ3) is 5.73. The van der Waals surface area contributed by atoms with Gasteiger partial charge in [0.2, 0.25) is 0 Å². The topological polar surface area (TPSA) is 111 Å². The Bertz CT molecular complexity index is 1420. The molecule has 2 aliphatic rings. The van der Waals surface area contributed by atoms with Gasteiger partial charge in [0, 0.05) is 49.6 Å². The summed E-state index contributed by atoms with van der Waals surface area (Å²) in [6, 6.07) is 14.6. The number of piperidine rings is 1. The highest BCUT2D eigenvalue weighted by molar-refractivity contribution is 6.30. The van der Waals surface area contributed by atoms with Gasteiger partial charge in [0.15, 0.2) is 11.5 Å². The summed E-state index contributed by atoms with van der Waals surface area (Å²) in [5.41, 5.74) is -0.0678. The molecule has 2 atom stereocenters. The number of anilines is 1. The average Bonchev–Trinajstić information content (AvgIpc) is 3.44. The van der Waals surface area contributed by atoms with E-state index in [1.165, 1.54) is 35.4 Å². The minimum Gasteiger partial charge on any atom is -0.410 e. The van der Waals surface area contributed by atoms with Crippen LogP contribution in [0.25, 0.3) is 0 Å². The van der Waals surface area contributed by atoms with Crippen molar-refractivity contribution in [3.05, 3.63) is 83.0 Å². The van der Waals surface area contributed by atoms with Gasteiger partial charge in [-0.25, -0.2) is 19.2 Å². The summed E-state index contributed by atoms with van der Waals surface area (Å²) in [5.74, 6) is -0.251. The lowest BCUT2D eigenvalue weighted by atomic mass is 9.71. The van der Waals surface area contributed by atoms with Crippen LogP contribution < -0.4 is 15.0 Å². The number of ether oxygens (including phenoxy) is 1. The number of carbonyl (C=O) groups is 2. The van der Waals surface area contributed by atoms with Crippen LogP contribution >= 0.6 is 11.6 Å². The minimum absolute atomic E-state index is 0.0223. The SMILES string of the molecule is CCN(C(=O)Oc1ccc(F)cc1)[C@@]1(C(=O)C2CCN(c3cnc(C#N)cn3)CC2)CNC[C@@H]1c1ccc(Cl)cc1. The van der Waals surface area contributed by atoms with Crippen molar-refractivity contribution in [3.8, 4) is 11.8 Å². The lowest BCUT2D eigenvalue weighted by Gasteiger charge is -2.45. The predicted molar refractivity (Wildman–Crippen MR) is 151 cm³/mol. The molecule has 0 unspecified atom stereocenters. The van der Waals surface area contributed by atoms with Crippen molar-refractivity contribution in [1.29, 1.82) is 5.26 Å². The van der Waals surface area contributed by atoms with E-state index in [0.29, 0.717) is 43.3 Å². The molecule has 0 radical (unpaired) electrons. The molecule has 41 heavy (non-hydrogen) atoms. The van der Waals surface area contributed by atoms with Gasteiger partial charge in [0.05, 0.1) is 12.4 Å². The van der Waals surface area contributed by atoms with E-state index < -0.39 is 17.4 Å². The molecule has 9 nitrogen and oxygen atoms in total. The second kappa shape index (κ2) is 12.2. The molecule has 2 aromatic carbocycles. The molecule has 1 N–H and O–H groups in total. The summed E-state index contributed by atoms with van der Waals surface area (Å²) >= 11 is 6.17. The zero-order valence-electron chi connectivity index (χ0n) is 22.6. The van der Waals surface area contributed by atoms with Crippen molar-refractivity contribution in [2.45, 2.75) is 31.2 Å². The number of benzene rings is 2. The van der Waals surface area contributed by atoms with Crippen LogP contribution in [0.5, 0.6) is 5.75 Å². The standard InChI is InChI=1S/C30H30ClFN6O3/c1-2-38(29(40)41-25-9-7-23(32)8-10-25)30(19-34-17-26(30)20-3-5-22(31)6-4-20)28(39)21-11-13-37(14-12-21)27-18-35-24(15-33)16-36-27/h3-10,16,18,21,26,34H,2,11-14,17,19H2,1H3/t26-,30+/m1/s1. The number of aromatic nitrogens is 2. The normalized spacial score (nSPS) is 20.8. The van der Waals surface area contributed by atoms with Gasteiger partial charge < -0.3 is 15.0 Å². The fourth-order valence-corrected chi connectivity index (χ4v) is 6.09. The van der Waals surface area contributed by atoms with Gasteiger partial charge in [0.1, 0.15) is 29.0 Å². The summed E-state index contributed by atoms with van der Waals surface area (Å²) < 4.78 is 19.1. The van der Waals surface area contributed by atoms with Crippen LogP contribution in [-0.4, -0.2) is 65.0 Å². The molecule has 2 saturated heterocycles. The van der Waals surface area contributed by atoms with Crippen molar-refractivity contribution >= 4 is 29.3 Å².